The van der Waals surface area contributed by atoms with Crippen LogP contribution in [0.5, 0.6) is 0 Å². The molecule has 0 bridgehead atoms. The minimum atomic E-state index is -0.650. The van der Waals surface area contributed by atoms with Crippen LogP contribution >= 0.6 is 0 Å². The number of carbonyl (C=O) groups is 4. The summed E-state index contributed by atoms with van der Waals surface area (Å²) in [6.07, 6.45) is 1.71. The van der Waals surface area contributed by atoms with Crippen molar-refractivity contribution < 1.29 is 28.7 Å². The lowest BCUT2D eigenvalue weighted by Crippen LogP contribution is -2.52. The molecule has 4 amide bonds. The number of rotatable bonds is 3. The molecule has 3 aliphatic rings. The van der Waals surface area contributed by atoms with Crippen LogP contribution in [0.3, 0.4) is 0 Å². The van der Waals surface area contributed by atoms with Gasteiger partial charge in [0, 0.05) is 37.2 Å². The van der Waals surface area contributed by atoms with Crippen molar-refractivity contribution in [3.05, 3.63) is 34.9 Å². The maximum atomic E-state index is 12.9. The topological polar surface area (TPSA) is 105 Å². The van der Waals surface area contributed by atoms with Crippen LogP contribution in [0, 0.1) is 11.8 Å². The van der Waals surface area contributed by atoms with Gasteiger partial charge in [-0.1, -0.05) is 17.9 Å². The molecular weight excluding hydrogens is 450 g/mol. The number of fused-ring (bicyclic) bond motifs is 1. The molecule has 0 radical (unpaired) electrons. The number of hydrogen-bond acceptors (Lipinski definition) is 6. The van der Waals surface area contributed by atoms with E-state index >= 15 is 0 Å². The highest BCUT2D eigenvalue weighted by atomic mass is 16.6. The summed E-state index contributed by atoms with van der Waals surface area (Å²) in [7, 11) is 0. The molecule has 35 heavy (non-hydrogen) atoms. The molecule has 3 heterocycles. The molecule has 1 N–H and O–H groups in total. The molecule has 1 unspecified atom stereocenters. The molecule has 4 rings (SSSR count). The van der Waals surface area contributed by atoms with Crippen LogP contribution in [0.4, 0.5) is 4.79 Å². The van der Waals surface area contributed by atoms with E-state index in [4.69, 9.17) is 9.47 Å². The van der Waals surface area contributed by atoms with Gasteiger partial charge in [0.25, 0.3) is 5.91 Å². The highest BCUT2D eigenvalue weighted by Crippen LogP contribution is 2.29. The number of imide groups is 1. The molecule has 186 valence electrons. The molecule has 0 aromatic heterocycles. The van der Waals surface area contributed by atoms with Crippen LogP contribution < -0.4 is 5.32 Å². The summed E-state index contributed by atoms with van der Waals surface area (Å²) >= 11 is 0. The molecule has 0 saturated carbocycles. The average molecular weight is 482 g/mol. The summed E-state index contributed by atoms with van der Waals surface area (Å²) < 4.78 is 11.3. The summed E-state index contributed by atoms with van der Waals surface area (Å²) in [6, 6.07) is 4.72. The van der Waals surface area contributed by atoms with E-state index in [2.05, 4.69) is 17.2 Å². The first-order valence-corrected chi connectivity index (χ1v) is 12.0. The molecule has 9 heteroatoms. The fraction of sp³-hybridized carbons (Fsp3) is 0.538. The van der Waals surface area contributed by atoms with Crippen molar-refractivity contribution in [2.75, 3.05) is 19.7 Å². The molecule has 0 spiro atoms. The summed E-state index contributed by atoms with van der Waals surface area (Å²) in [5.74, 6) is 5.19. The molecule has 1 aromatic carbocycles. The van der Waals surface area contributed by atoms with Crippen molar-refractivity contribution in [3.8, 4) is 11.8 Å². The number of carbonyl (C=O) groups excluding carboxylic acids is 4. The molecule has 1 atom stereocenters. The Hall–Kier alpha value is -3.38. The number of piperidine rings is 2. The first kappa shape index (κ1) is 24.7. The van der Waals surface area contributed by atoms with E-state index in [1.54, 1.807) is 17.0 Å². The first-order chi connectivity index (χ1) is 16.6. The number of likely N-dealkylation sites (tertiary alicyclic amines) is 1. The van der Waals surface area contributed by atoms with Gasteiger partial charge in [-0.2, -0.15) is 0 Å². The summed E-state index contributed by atoms with van der Waals surface area (Å²) in [4.78, 5) is 52.0. The lowest BCUT2D eigenvalue weighted by molar-refractivity contribution is -0.136. The number of ether oxygens (including phenoxy) is 2. The fourth-order valence-corrected chi connectivity index (χ4v) is 4.53. The Labute approximate surface area is 205 Å². The third-order valence-electron chi connectivity index (χ3n) is 6.29. The van der Waals surface area contributed by atoms with Gasteiger partial charge in [-0.15, -0.1) is 0 Å². The van der Waals surface area contributed by atoms with Crippen LogP contribution in [0.1, 0.15) is 67.9 Å². The molecule has 2 fully saturated rings. The predicted octanol–water partition coefficient (Wildman–Crippen LogP) is 2.22. The predicted molar refractivity (Wildman–Crippen MR) is 126 cm³/mol. The molecule has 0 aliphatic carbocycles. The van der Waals surface area contributed by atoms with Gasteiger partial charge in [0.05, 0.1) is 6.10 Å². The standard InChI is InChI=1S/C26H31N3O6/c1-26(2,3)35-25(33)28-13-11-18(12-14-28)34-15-5-7-17-6-4-8-19-20(17)16-29(24(19)32)21-9-10-22(30)27-23(21)31/h4,6,8,18,21H,9-16H2,1-3H3,(H,27,30,31). The number of amides is 4. The molecule has 3 aliphatic heterocycles. The largest absolute Gasteiger partial charge is 0.444 e. The van der Waals surface area contributed by atoms with Crippen LogP contribution in [-0.4, -0.2) is 71.1 Å². The number of nitrogens with one attached hydrogen (secondary N) is 1. The average Bonchev–Trinajstić information content (AvgIpc) is 3.13. The van der Waals surface area contributed by atoms with Gasteiger partial charge in [-0.25, -0.2) is 4.79 Å². The second-order valence-corrected chi connectivity index (χ2v) is 10.0. The monoisotopic (exact) mass is 481 g/mol. The van der Waals surface area contributed by atoms with E-state index in [1.165, 1.54) is 4.90 Å². The zero-order chi connectivity index (χ0) is 25.2. The van der Waals surface area contributed by atoms with Gasteiger partial charge in [0.1, 0.15) is 18.2 Å². The normalized spacial score (nSPS) is 20.8. The Bertz CT molecular complexity index is 1090. The Morgan fingerprint density at radius 2 is 1.89 bits per heavy atom. The van der Waals surface area contributed by atoms with E-state index in [9.17, 15) is 19.2 Å². The van der Waals surface area contributed by atoms with Crippen molar-refractivity contribution in [1.82, 2.24) is 15.1 Å². The maximum Gasteiger partial charge on any atom is 0.410 e. The molecule has 9 nitrogen and oxygen atoms in total. The fourth-order valence-electron chi connectivity index (χ4n) is 4.53. The minimum absolute atomic E-state index is 0.0223. The Morgan fingerprint density at radius 3 is 2.57 bits per heavy atom. The highest BCUT2D eigenvalue weighted by molar-refractivity contribution is 6.05. The third-order valence-corrected chi connectivity index (χ3v) is 6.29. The SMILES string of the molecule is CC(C)(C)OC(=O)N1CCC(OCC#Cc2cccc3c2CN(C2CCC(=O)NC2=O)C3=O)CC1. The van der Waals surface area contributed by atoms with E-state index in [0.717, 1.165) is 24.0 Å². The van der Waals surface area contributed by atoms with E-state index in [0.29, 0.717) is 25.1 Å². The Balaban J connectivity index is 1.31. The van der Waals surface area contributed by atoms with Crippen LogP contribution in [0.2, 0.25) is 0 Å². The van der Waals surface area contributed by atoms with Crippen molar-refractivity contribution in [3.63, 3.8) is 0 Å². The van der Waals surface area contributed by atoms with Crippen LogP contribution in [-0.2, 0) is 25.6 Å². The van der Waals surface area contributed by atoms with Crippen molar-refractivity contribution in [2.45, 2.75) is 70.7 Å². The number of nitrogens with zero attached hydrogens (tertiary/aromatic N) is 2. The number of hydrogen-bond donors (Lipinski definition) is 1. The lowest BCUT2D eigenvalue weighted by Gasteiger charge is -2.33. The van der Waals surface area contributed by atoms with E-state index in [-0.39, 0.29) is 43.6 Å². The second kappa shape index (κ2) is 10.1. The van der Waals surface area contributed by atoms with Gasteiger partial charge >= 0.3 is 6.09 Å². The quantitative estimate of drug-likeness (QED) is 0.524. The smallest absolute Gasteiger partial charge is 0.410 e. The summed E-state index contributed by atoms with van der Waals surface area (Å²) in [5.41, 5.74) is 1.55. The Kier molecular flexibility index (Phi) is 7.13. The maximum absolute atomic E-state index is 12.9. The van der Waals surface area contributed by atoms with E-state index < -0.39 is 17.6 Å². The van der Waals surface area contributed by atoms with E-state index in [1.807, 2.05) is 26.8 Å². The van der Waals surface area contributed by atoms with Crippen molar-refractivity contribution in [1.29, 1.82) is 0 Å². The number of benzene rings is 1. The van der Waals surface area contributed by atoms with Crippen molar-refractivity contribution in [2.24, 2.45) is 0 Å². The zero-order valence-electron chi connectivity index (χ0n) is 20.4. The second-order valence-electron chi connectivity index (χ2n) is 10.0. The summed E-state index contributed by atoms with van der Waals surface area (Å²) in [5, 5.41) is 2.31. The van der Waals surface area contributed by atoms with Gasteiger partial charge < -0.3 is 19.3 Å². The van der Waals surface area contributed by atoms with Gasteiger partial charge in [0.15, 0.2) is 0 Å². The first-order valence-electron chi connectivity index (χ1n) is 12.0. The Morgan fingerprint density at radius 1 is 1.14 bits per heavy atom. The summed E-state index contributed by atoms with van der Waals surface area (Å²) in [6.45, 7) is 7.24. The van der Waals surface area contributed by atoms with Crippen molar-refractivity contribution >= 4 is 23.8 Å². The van der Waals surface area contributed by atoms with Crippen LogP contribution in [0.15, 0.2) is 18.2 Å². The highest BCUT2D eigenvalue weighted by Gasteiger charge is 2.39. The molecular formula is C26H31N3O6. The van der Waals surface area contributed by atoms with Crippen LogP contribution in [0.25, 0.3) is 0 Å². The van der Waals surface area contributed by atoms with Gasteiger partial charge in [-0.05, 0) is 57.7 Å². The molecule has 1 aromatic rings. The third kappa shape index (κ3) is 5.82. The van der Waals surface area contributed by atoms with Gasteiger partial charge in [-0.3, -0.25) is 19.7 Å². The lowest BCUT2D eigenvalue weighted by atomic mass is 10.0. The minimum Gasteiger partial charge on any atom is -0.444 e. The van der Waals surface area contributed by atoms with Gasteiger partial charge in [0.2, 0.25) is 11.8 Å². The molecule has 2 saturated heterocycles. The zero-order valence-corrected chi connectivity index (χ0v) is 20.4.